The van der Waals surface area contributed by atoms with E-state index in [9.17, 15) is 14.0 Å². The molecule has 7 heteroatoms. The molecule has 0 saturated carbocycles. The van der Waals surface area contributed by atoms with Gasteiger partial charge >= 0.3 is 5.97 Å². The number of methoxy groups -OCH3 is 2. The van der Waals surface area contributed by atoms with Gasteiger partial charge in [0.25, 0.3) is 5.91 Å². The number of amides is 1. The lowest BCUT2D eigenvalue weighted by molar-refractivity contribution is -0.144. The maximum Gasteiger partial charge on any atom is 0.331 e. The topological polar surface area (TPSA) is 73.9 Å². The Morgan fingerprint density at radius 1 is 1.11 bits per heavy atom. The Hall–Kier alpha value is -3.35. The van der Waals surface area contributed by atoms with E-state index in [-0.39, 0.29) is 11.9 Å². The summed E-state index contributed by atoms with van der Waals surface area (Å²) in [7, 11) is 3.05. The standard InChI is InChI=1S/C21H22FNO5/c1-14(15-4-7-17(22)8-5-15)23-20(24)13-28-21(25)11-6-16-12-18(26-2)9-10-19(16)27-3/h4-12,14H,13H2,1-3H3,(H,23,24)/b11-6+/t14-/m0/s1. The summed E-state index contributed by atoms with van der Waals surface area (Å²) in [5.74, 6) is -0.304. The van der Waals surface area contributed by atoms with Crippen molar-refractivity contribution in [3.63, 3.8) is 0 Å². The van der Waals surface area contributed by atoms with Crippen LogP contribution in [-0.2, 0) is 14.3 Å². The van der Waals surface area contributed by atoms with Gasteiger partial charge in [-0.3, -0.25) is 4.79 Å². The number of carbonyl (C=O) groups excluding carboxylic acids is 2. The van der Waals surface area contributed by atoms with Gasteiger partial charge in [-0.05, 0) is 48.9 Å². The minimum Gasteiger partial charge on any atom is -0.497 e. The van der Waals surface area contributed by atoms with Crippen LogP contribution in [0.2, 0.25) is 0 Å². The van der Waals surface area contributed by atoms with Crippen molar-refractivity contribution in [3.05, 3.63) is 65.5 Å². The van der Waals surface area contributed by atoms with Crippen LogP contribution in [0, 0.1) is 5.82 Å². The van der Waals surface area contributed by atoms with Crippen molar-refractivity contribution >= 4 is 18.0 Å². The molecule has 1 atom stereocenters. The largest absolute Gasteiger partial charge is 0.497 e. The van der Waals surface area contributed by atoms with E-state index in [1.807, 2.05) is 0 Å². The number of rotatable bonds is 8. The first kappa shape index (κ1) is 21.0. The van der Waals surface area contributed by atoms with Crippen LogP contribution in [0.3, 0.4) is 0 Å². The molecule has 0 aliphatic carbocycles. The maximum atomic E-state index is 12.9. The van der Waals surface area contributed by atoms with Gasteiger partial charge in [-0.25, -0.2) is 9.18 Å². The Labute approximate surface area is 162 Å². The molecule has 28 heavy (non-hydrogen) atoms. The normalized spacial score (nSPS) is 11.7. The Kier molecular flexibility index (Phi) is 7.56. The van der Waals surface area contributed by atoms with Gasteiger partial charge in [-0.15, -0.1) is 0 Å². The SMILES string of the molecule is COc1ccc(OC)c(/C=C/C(=O)OCC(=O)N[C@@H](C)c2ccc(F)cc2)c1. The molecular formula is C21H22FNO5. The molecule has 2 aromatic carbocycles. The summed E-state index contributed by atoms with van der Waals surface area (Å²) >= 11 is 0. The third kappa shape index (κ3) is 6.12. The lowest BCUT2D eigenvalue weighted by Gasteiger charge is -2.14. The number of benzene rings is 2. The highest BCUT2D eigenvalue weighted by atomic mass is 19.1. The lowest BCUT2D eigenvalue weighted by Crippen LogP contribution is -2.30. The summed E-state index contributed by atoms with van der Waals surface area (Å²) in [6.07, 6.45) is 2.72. The Morgan fingerprint density at radius 3 is 2.46 bits per heavy atom. The van der Waals surface area contributed by atoms with Gasteiger partial charge in [-0.1, -0.05) is 12.1 Å². The van der Waals surface area contributed by atoms with Gasteiger partial charge in [0, 0.05) is 11.6 Å². The molecule has 0 fully saturated rings. The summed E-state index contributed by atoms with van der Waals surface area (Å²) in [6.45, 7) is 1.33. The number of ether oxygens (including phenoxy) is 3. The molecule has 6 nitrogen and oxygen atoms in total. The van der Waals surface area contributed by atoms with Gasteiger partial charge in [0.15, 0.2) is 6.61 Å². The van der Waals surface area contributed by atoms with E-state index in [1.165, 1.54) is 38.5 Å². The van der Waals surface area contributed by atoms with Gasteiger partial charge in [0.1, 0.15) is 17.3 Å². The molecule has 0 bridgehead atoms. The van der Waals surface area contributed by atoms with Crippen LogP contribution in [0.1, 0.15) is 24.1 Å². The van der Waals surface area contributed by atoms with E-state index >= 15 is 0 Å². The predicted octanol–water partition coefficient (Wildman–Crippen LogP) is 3.28. The van der Waals surface area contributed by atoms with Crippen molar-refractivity contribution in [2.24, 2.45) is 0 Å². The molecule has 0 aliphatic heterocycles. The van der Waals surface area contributed by atoms with Crippen LogP contribution in [-0.4, -0.2) is 32.7 Å². The third-order valence-corrected chi connectivity index (χ3v) is 3.93. The van der Waals surface area contributed by atoms with Gasteiger partial charge in [-0.2, -0.15) is 0 Å². The molecule has 148 valence electrons. The first-order chi connectivity index (χ1) is 13.4. The van der Waals surface area contributed by atoms with Gasteiger partial charge in [0.05, 0.1) is 20.3 Å². The Balaban J connectivity index is 1.87. The van der Waals surface area contributed by atoms with E-state index in [1.54, 1.807) is 37.3 Å². The molecule has 0 unspecified atom stereocenters. The molecular weight excluding hydrogens is 365 g/mol. The molecule has 0 aromatic heterocycles. The van der Waals surface area contributed by atoms with Gasteiger partial charge in [0.2, 0.25) is 0 Å². The average molecular weight is 387 g/mol. The second-order valence-electron chi connectivity index (χ2n) is 5.89. The van der Waals surface area contributed by atoms with Crippen LogP contribution >= 0.6 is 0 Å². The number of hydrogen-bond acceptors (Lipinski definition) is 5. The van der Waals surface area contributed by atoms with Crippen molar-refractivity contribution in [1.29, 1.82) is 0 Å². The Morgan fingerprint density at radius 2 is 1.82 bits per heavy atom. The van der Waals surface area contributed by atoms with Crippen LogP contribution in [0.15, 0.2) is 48.5 Å². The summed E-state index contributed by atoms with van der Waals surface area (Å²) in [4.78, 5) is 23.8. The van der Waals surface area contributed by atoms with Crippen molar-refractivity contribution in [2.75, 3.05) is 20.8 Å². The van der Waals surface area contributed by atoms with Crippen LogP contribution < -0.4 is 14.8 Å². The summed E-state index contributed by atoms with van der Waals surface area (Å²) < 4.78 is 28.2. The minimum atomic E-state index is -0.672. The average Bonchev–Trinajstić information content (AvgIpc) is 2.70. The minimum absolute atomic E-state index is 0.344. The zero-order valence-electron chi connectivity index (χ0n) is 15.9. The molecule has 2 aromatic rings. The highest BCUT2D eigenvalue weighted by Gasteiger charge is 2.11. The fourth-order valence-electron chi connectivity index (χ4n) is 2.43. The molecule has 0 aliphatic rings. The quantitative estimate of drug-likeness (QED) is 0.556. The molecule has 1 amide bonds. The summed E-state index contributed by atoms with van der Waals surface area (Å²) in [6, 6.07) is 10.6. The summed E-state index contributed by atoms with van der Waals surface area (Å²) in [5, 5.41) is 2.68. The zero-order chi connectivity index (χ0) is 20.5. The maximum absolute atomic E-state index is 12.9. The molecule has 0 saturated heterocycles. The predicted molar refractivity (Wildman–Crippen MR) is 102 cm³/mol. The fraction of sp³-hybridized carbons (Fsp3) is 0.238. The van der Waals surface area contributed by atoms with Crippen molar-refractivity contribution in [1.82, 2.24) is 5.32 Å². The molecule has 0 heterocycles. The lowest BCUT2D eigenvalue weighted by atomic mass is 10.1. The smallest absolute Gasteiger partial charge is 0.331 e. The number of carbonyl (C=O) groups is 2. The highest BCUT2D eigenvalue weighted by Crippen LogP contribution is 2.25. The molecule has 0 radical (unpaired) electrons. The van der Waals surface area contributed by atoms with Crippen LogP contribution in [0.5, 0.6) is 11.5 Å². The highest BCUT2D eigenvalue weighted by molar-refractivity contribution is 5.89. The Bertz CT molecular complexity index is 848. The third-order valence-electron chi connectivity index (χ3n) is 3.93. The first-order valence-electron chi connectivity index (χ1n) is 8.54. The van der Waals surface area contributed by atoms with E-state index in [4.69, 9.17) is 14.2 Å². The number of hydrogen-bond donors (Lipinski definition) is 1. The monoisotopic (exact) mass is 387 g/mol. The molecule has 1 N–H and O–H groups in total. The second-order valence-corrected chi connectivity index (χ2v) is 5.89. The molecule has 0 spiro atoms. The summed E-state index contributed by atoms with van der Waals surface area (Å²) in [5.41, 5.74) is 1.37. The van der Waals surface area contributed by atoms with E-state index in [0.29, 0.717) is 17.1 Å². The van der Waals surface area contributed by atoms with Crippen molar-refractivity contribution < 1.29 is 28.2 Å². The zero-order valence-corrected chi connectivity index (χ0v) is 15.9. The number of esters is 1. The van der Waals surface area contributed by atoms with Crippen molar-refractivity contribution in [3.8, 4) is 11.5 Å². The second kappa shape index (κ2) is 10.1. The fourth-order valence-corrected chi connectivity index (χ4v) is 2.43. The van der Waals surface area contributed by atoms with Crippen LogP contribution in [0.4, 0.5) is 4.39 Å². The van der Waals surface area contributed by atoms with E-state index in [0.717, 1.165) is 5.56 Å². The van der Waals surface area contributed by atoms with Crippen molar-refractivity contribution in [2.45, 2.75) is 13.0 Å². The van der Waals surface area contributed by atoms with E-state index in [2.05, 4.69) is 5.32 Å². The molecule has 2 rings (SSSR count). The van der Waals surface area contributed by atoms with E-state index < -0.39 is 18.5 Å². The van der Waals surface area contributed by atoms with Crippen LogP contribution in [0.25, 0.3) is 6.08 Å². The van der Waals surface area contributed by atoms with Gasteiger partial charge < -0.3 is 19.5 Å². The first-order valence-corrected chi connectivity index (χ1v) is 8.54. The number of halogens is 1. The number of nitrogens with one attached hydrogen (secondary N) is 1.